The van der Waals surface area contributed by atoms with Gasteiger partial charge >= 0.3 is 0 Å². The Morgan fingerprint density at radius 2 is 2.05 bits per heavy atom. The lowest BCUT2D eigenvalue weighted by atomic mass is 10.0. The molecule has 106 valence electrons. The van der Waals surface area contributed by atoms with Crippen LogP contribution in [0.25, 0.3) is 0 Å². The largest absolute Gasteiger partial charge is 0.389 e. The van der Waals surface area contributed by atoms with Crippen molar-refractivity contribution in [3.05, 3.63) is 17.6 Å². The van der Waals surface area contributed by atoms with Crippen LogP contribution < -0.4 is 5.32 Å². The summed E-state index contributed by atoms with van der Waals surface area (Å²) in [6.45, 7) is 3.33. The number of nitrogens with one attached hydrogen (secondary N) is 1. The highest BCUT2D eigenvalue weighted by Crippen LogP contribution is 2.30. The van der Waals surface area contributed by atoms with Gasteiger partial charge in [-0.2, -0.15) is 0 Å². The second-order valence-corrected chi connectivity index (χ2v) is 5.66. The minimum Gasteiger partial charge on any atom is -0.389 e. The first kappa shape index (κ1) is 14.2. The summed E-state index contributed by atoms with van der Waals surface area (Å²) >= 11 is 0. The van der Waals surface area contributed by atoms with Crippen molar-refractivity contribution in [3.8, 4) is 0 Å². The third-order valence-corrected chi connectivity index (χ3v) is 3.67. The standard InChI is InChI=1S/C14H24N4O/c1-11-8-12(15-2)17-13(16-11)9-18(3)10-14(19)6-4-5-7-14/h8,19H,4-7,9-10H2,1-3H3,(H,15,16,17). The van der Waals surface area contributed by atoms with Gasteiger partial charge in [-0.25, -0.2) is 9.97 Å². The average Bonchev–Trinajstić information content (AvgIpc) is 2.74. The zero-order chi connectivity index (χ0) is 13.9. The Labute approximate surface area is 115 Å². The second-order valence-electron chi connectivity index (χ2n) is 5.66. The van der Waals surface area contributed by atoms with Gasteiger partial charge in [0.05, 0.1) is 12.1 Å². The lowest BCUT2D eigenvalue weighted by Crippen LogP contribution is -2.39. The van der Waals surface area contributed by atoms with Gasteiger partial charge in [0, 0.05) is 25.4 Å². The van der Waals surface area contributed by atoms with Crippen molar-refractivity contribution in [2.24, 2.45) is 0 Å². The molecule has 1 aromatic heterocycles. The number of anilines is 1. The first-order chi connectivity index (χ1) is 9.00. The molecule has 0 aromatic carbocycles. The third-order valence-electron chi connectivity index (χ3n) is 3.67. The van der Waals surface area contributed by atoms with Crippen molar-refractivity contribution in [1.82, 2.24) is 14.9 Å². The van der Waals surface area contributed by atoms with Crippen LogP contribution in [0, 0.1) is 6.92 Å². The maximum Gasteiger partial charge on any atom is 0.144 e. The number of rotatable bonds is 5. The molecule has 0 atom stereocenters. The van der Waals surface area contributed by atoms with Crippen LogP contribution in [0.2, 0.25) is 0 Å². The van der Waals surface area contributed by atoms with Gasteiger partial charge in [0.25, 0.3) is 0 Å². The van der Waals surface area contributed by atoms with Gasteiger partial charge in [0.1, 0.15) is 11.6 Å². The van der Waals surface area contributed by atoms with Crippen LogP contribution in [-0.4, -0.2) is 46.2 Å². The van der Waals surface area contributed by atoms with Gasteiger partial charge in [0.15, 0.2) is 0 Å². The van der Waals surface area contributed by atoms with Crippen molar-refractivity contribution in [2.45, 2.75) is 44.8 Å². The molecular formula is C14H24N4O. The number of nitrogens with zero attached hydrogens (tertiary/aromatic N) is 3. The Hall–Kier alpha value is -1.20. The van der Waals surface area contributed by atoms with Crippen molar-refractivity contribution in [2.75, 3.05) is 26.0 Å². The maximum atomic E-state index is 10.4. The molecule has 0 saturated heterocycles. The number of aryl methyl sites for hydroxylation is 1. The molecule has 19 heavy (non-hydrogen) atoms. The molecule has 1 aromatic rings. The van der Waals surface area contributed by atoms with Gasteiger partial charge < -0.3 is 10.4 Å². The number of aromatic nitrogens is 2. The maximum absolute atomic E-state index is 10.4. The fourth-order valence-electron chi connectivity index (χ4n) is 2.82. The molecule has 5 nitrogen and oxygen atoms in total. The van der Waals surface area contributed by atoms with Crippen molar-refractivity contribution < 1.29 is 5.11 Å². The number of hydrogen-bond donors (Lipinski definition) is 2. The van der Waals surface area contributed by atoms with Gasteiger partial charge in [-0.15, -0.1) is 0 Å². The fraction of sp³-hybridized carbons (Fsp3) is 0.714. The predicted octanol–water partition coefficient (Wildman–Crippen LogP) is 1.56. The average molecular weight is 264 g/mol. The van der Waals surface area contributed by atoms with Gasteiger partial charge in [-0.1, -0.05) is 12.8 Å². The van der Waals surface area contributed by atoms with E-state index >= 15 is 0 Å². The highest BCUT2D eigenvalue weighted by Gasteiger charge is 2.32. The molecule has 2 N–H and O–H groups in total. The summed E-state index contributed by atoms with van der Waals surface area (Å²) < 4.78 is 0. The van der Waals surface area contributed by atoms with Crippen LogP contribution in [0.4, 0.5) is 5.82 Å². The molecule has 1 saturated carbocycles. The molecule has 0 amide bonds. The molecule has 0 aliphatic heterocycles. The Morgan fingerprint density at radius 3 is 2.68 bits per heavy atom. The topological polar surface area (TPSA) is 61.3 Å². The molecule has 1 aliphatic carbocycles. The van der Waals surface area contributed by atoms with Crippen molar-refractivity contribution in [1.29, 1.82) is 0 Å². The van der Waals surface area contributed by atoms with E-state index in [1.807, 2.05) is 27.1 Å². The van der Waals surface area contributed by atoms with Gasteiger partial charge in [0.2, 0.25) is 0 Å². The van der Waals surface area contributed by atoms with Crippen LogP contribution in [-0.2, 0) is 6.54 Å². The van der Waals surface area contributed by atoms with Crippen LogP contribution in [0.15, 0.2) is 6.07 Å². The molecule has 0 radical (unpaired) electrons. The summed E-state index contributed by atoms with van der Waals surface area (Å²) in [6, 6.07) is 1.92. The third kappa shape index (κ3) is 3.88. The molecular weight excluding hydrogens is 240 g/mol. The SMILES string of the molecule is CNc1cc(C)nc(CN(C)CC2(O)CCCC2)n1. The van der Waals surface area contributed by atoms with E-state index in [9.17, 15) is 5.11 Å². The van der Waals surface area contributed by atoms with Gasteiger partial charge in [-0.3, -0.25) is 4.90 Å². The van der Waals surface area contributed by atoms with E-state index in [0.29, 0.717) is 13.1 Å². The van der Waals surface area contributed by atoms with E-state index in [2.05, 4.69) is 20.2 Å². The summed E-state index contributed by atoms with van der Waals surface area (Å²) in [5, 5.41) is 13.4. The molecule has 0 spiro atoms. The van der Waals surface area contributed by atoms with Crippen molar-refractivity contribution in [3.63, 3.8) is 0 Å². The van der Waals surface area contributed by atoms with E-state index in [1.54, 1.807) is 0 Å². The summed E-state index contributed by atoms with van der Waals surface area (Å²) in [5.74, 6) is 1.64. The molecule has 1 aliphatic rings. The van der Waals surface area contributed by atoms with E-state index < -0.39 is 5.60 Å². The Morgan fingerprint density at radius 1 is 1.37 bits per heavy atom. The zero-order valence-corrected chi connectivity index (χ0v) is 12.1. The normalized spacial score (nSPS) is 17.9. The minimum absolute atomic E-state index is 0.510. The van der Waals surface area contributed by atoms with E-state index in [4.69, 9.17) is 0 Å². The fourth-order valence-corrected chi connectivity index (χ4v) is 2.82. The van der Waals surface area contributed by atoms with E-state index in [0.717, 1.165) is 43.0 Å². The quantitative estimate of drug-likeness (QED) is 0.845. The zero-order valence-electron chi connectivity index (χ0n) is 12.1. The lowest BCUT2D eigenvalue weighted by Gasteiger charge is -2.28. The molecule has 5 heteroatoms. The highest BCUT2D eigenvalue weighted by molar-refractivity contribution is 5.34. The smallest absolute Gasteiger partial charge is 0.144 e. The number of hydrogen-bond acceptors (Lipinski definition) is 5. The van der Waals surface area contributed by atoms with Crippen LogP contribution in [0.1, 0.15) is 37.2 Å². The number of aliphatic hydroxyl groups is 1. The monoisotopic (exact) mass is 264 g/mol. The predicted molar refractivity (Wildman–Crippen MR) is 76.1 cm³/mol. The van der Waals surface area contributed by atoms with E-state index in [1.165, 1.54) is 0 Å². The Bertz CT molecular complexity index is 429. The summed E-state index contributed by atoms with van der Waals surface area (Å²) in [4.78, 5) is 11.0. The Kier molecular flexibility index (Phi) is 4.37. The molecule has 2 rings (SSSR count). The minimum atomic E-state index is -0.510. The molecule has 0 bridgehead atoms. The lowest BCUT2D eigenvalue weighted by molar-refractivity contribution is 0.0140. The molecule has 1 fully saturated rings. The van der Waals surface area contributed by atoms with Crippen LogP contribution in [0.3, 0.4) is 0 Å². The molecule has 0 unspecified atom stereocenters. The highest BCUT2D eigenvalue weighted by atomic mass is 16.3. The van der Waals surface area contributed by atoms with Crippen molar-refractivity contribution >= 4 is 5.82 Å². The number of likely N-dealkylation sites (N-methyl/N-ethyl adjacent to an activating group) is 1. The van der Waals surface area contributed by atoms with E-state index in [-0.39, 0.29) is 0 Å². The first-order valence-electron chi connectivity index (χ1n) is 6.94. The van der Waals surface area contributed by atoms with Crippen LogP contribution in [0.5, 0.6) is 0 Å². The second kappa shape index (κ2) is 5.84. The summed E-state index contributed by atoms with van der Waals surface area (Å²) in [7, 11) is 3.87. The van der Waals surface area contributed by atoms with Crippen LogP contribution >= 0.6 is 0 Å². The Balaban J connectivity index is 1.98. The molecule has 1 heterocycles. The summed E-state index contributed by atoms with van der Waals surface area (Å²) in [5.41, 5.74) is 0.451. The first-order valence-corrected chi connectivity index (χ1v) is 6.94. The summed E-state index contributed by atoms with van der Waals surface area (Å²) in [6.07, 6.45) is 4.09. The van der Waals surface area contributed by atoms with Gasteiger partial charge in [-0.05, 0) is 26.8 Å².